The molecule has 0 saturated heterocycles. The Labute approximate surface area is 150 Å². The molecule has 132 valence electrons. The van der Waals surface area contributed by atoms with E-state index in [1.165, 1.54) is 24.8 Å². The monoisotopic (exact) mass is 338 g/mol. The second-order valence-corrected chi connectivity index (χ2v) is 7.40. The number of hydrogen-bond donors (Lipinski definition) is 0. The molecule has 25 heavy (non-hydrogen) atoms. The highest BCUT2D eigenvalue weighted by atomic mass is 16.5. The van der Waals surface area contributed by atoms with Crippen molar-refractivity contribution in [3.63, 3.8) is 0 Å². The van der Waals surface area contributed by atoms with E-state index >= 15 is 0 Å². The average molecular weight is 338 g/mol. The molecule has 0 radical (unpaired) electrons. The molecule has 1 saturated carbocycles. The highest BCUT2D eigenvalue weighted by Crippen LogP contribution is 2.47. The van der Waals surface area contributed by atoms with Crippen molar-refractivity contribution in [2.24, 2.45) is 5.92 Å². The maximum Gasteiger partial charge on any atom is 0.350 e. The van der Waals surface area contributed by atoms with Crippen LogP contribution < -0.4 is 4.90 Å². The second kappa shape index (κ2) is 7.74. The van der Waals surface area contributed by atoms with Crippen molar-refractivity contribution in [1.82, 2.24) is 0 Å². The number of rotatable bonds is 5. The summed E-state index contributed by atoms with van der Waals surface area (Å²) in [6, 6.07) is 10.7. The summed E-state index contributed by atoms with van der Waals surface area (Å²) in [6.45, 7) is 4.52. The topological polar surface area (TPSA) is 53.3 Å². The summed E-state index contributed by atoms with van der Waals surface area (Å²) in [6.07, 6.45) is 7.23. The molecular formula is C21H26N2O2. The number of para-hydroxylation sites is 1. The van der Waals surface area contributed by atoms with Crippen molar-refractivity contribution >= 4 is 11.7 Å². The number of anilines is 1. The predicted molar refractivity (Wildman–Crippen MR) is 98.0 cm³/mol. The van der Waals surface area contributed by atoms with Crippen LogP contribution in [0, 0.1) is 17.2 Å². The van der Waals surface area contributed by atoms with Gasteiger partial charge in [-0.25, -0.2) is 4.79 Å². The summed E-state index contributed by atoms with van der Waals surface area (Å²) in [5.74, 6) is 0.453. The third-order valence-electron chi connectivity index (χ3n) is 5.24. The minimum atomic E-state index is -0.514. The maximum absolute atomic E-state index is 12.3. The zero-order chi connectivity index (χ0) is 17.8. The number of hydrogen-bond acceptors (Lipinski definition) is 4. The molecule has 0 aromatic heterocycles. The van der Waals surface area contributed by atoms with Gasteiger partial charge in [-0.1, -0.05) is 44.9 Å². The van der Waals surface area contributed by atoms with Crippen LogP contribution in [0.1, 0.15) is 57.4 Å². The first kappa shape index (κ1) is 17.5. The van der Waals surface area contributed by atoms with Crippen molar-refractivity contribution in [3.05, 3.63) is 41.6 Å². The lowest BCUT2D eigenvalue weighted by atomic mass is 9.82. The van der Waals surface area contributed by atoms with E-state index in [1.807, 2.05) is 12.1 Å². The zero-order valence-electron chi connectivity index (χ0n) is 15.1. The smallest absolute Gasteiger partial charge is 0.350 e. The number of benzene rings is 1. The largest absolute Gasteiger partial charge is 0.462 e. The summed E-state index contributed by atoms with van der Waals surface area (Å²) in [7, 11) is 0. The van der Waals surface area contributed by atoms with Crippen LogP contribution in [-0.2, 0) is 9.53 Å². The van der Waals surface area contributed by atoms with Crippen LogP contribution in [0.25, 0.3) is 0 Å². The number of carbonyl (C=O) groups excluding carboxylic acids is 1. The molecule has 1 heterocycles. The molecule has 1 aliphatic heterocycles. The molecule has 3 rings (SSSR count). The maximum atomic E-state index is 12.3. The fourth-order valence-corrected chi connectivity index (χ4v) is 3.92. The van der Waals surface area contributed by atoms with Gasteiger partial charge in [-0.3, -0.25) is 0 Å². The molecule has 2 atom stereocenters. The zero-order valence-corrected chi connectivity index (χ0v) is 15.1. The Hall–Kier alpha value is -2.28. The van der Waals surface area contributed by atoms with Gasteiger partial charge in [0.05, 0.1) is 6.61 Å². The predicted octanol–water partition coefficient (Wildman–Crippen LogP) is 4.53. The van der Waals surface area contributed by atoms with Gasteiger partial charge in [-0.2, -0.15) is 5.26 Å². The van der Waals surface area contributed by atoms with Crippen LogP contribution in [0.4, 0.5) is 5.69 Å². The minimum Gasteiger partial charge on any atom is -0.462 e. The Bertz CT molecular complexity index is 702. The van der Waals surface area contributed by atoms with Crippen molar-refractivity contribution in [3.8, 4) is 6.07 Å². The lowest BCUT2D eigenvalue weighted by Gasteiger charge is -2.31. The van der Waals surface area contributed by atoms with Crippen LogP contribution >= 0.6 is 0 Å². The van der Waals surface area contributed by atoms with Crippen LogP contribution in [0.3, 0.4) is 0 Å². The third kappa shape index (κ3) is 3.71. The Kier molecular flexibility index (Phi) is 5.43. The van der Waals surface area contributed by atoms with E-state index in [0.717, 1.165) is 18.5 Å². The fraction of sp³-hybridized carbons (Fsp3) is 0.524. The van der Waals surface area contributed by atoms with Gasteiger partial charge in [0.25, 0.3) is 0 Å². The highest BCUT2D eigenvalue weighted by molar-refractivity contribution is 5.93. The van der Waals surface area contributed by atoms with Crippen LogP contribution in [0.2, 0.25) is 0 Å². The summed E-state index contributed by atoms with van der Waals surface area (Å²) >= 11 is 0. The van der Waals surface area contributed by atoms with Crippen LogP contribution in [0.15, 0.2) is 36.0 Å². The highest BCUT2D eigenvalue weighted by Gasteiger charge is 2.39. The van der Waals surface area contributed by atoms with Crippen molar-refractivity contribution < 1.29 is 9.53 Å². The SMILES string of the molecule is CC(C)CCOC(=O)/C(C#N)=C/N1c2ccccc2C2CCCCC21. The molecule has 4 heteroatoms. The summed E-state index contributed by atoms with van der Waals surface area (Å²) in [5, 5.41) is 9.46. The number of ether oxygens (including phenoxy) is 1. The second-order valence-electron chi connectivity index (χ2n) is 7.40. The number of nitrogens with zero attached hydrogens (tertiary/aromatic N) is 2. The third-order valence-corrected chi connectivity index (χ3v) is 5.24. The molecule has 4 nitrogen and oxygen atoms in total. The van der Waals surface area contributed by atoms with Crippen LogP contribution in [-0.4, -0.2) is 18.6 Å². The molecular weight excluding hydrogens is 312 g/mol. The molecule has 0 bridgehead atoms. The van der Waals surface area contributed by atoms with Crippen molar-refractivity contribution in [1.29, 1.82) is 5.26 Å². The summed E-state index contributed by atoms with van der Waals surface area (Å²) in [5.41, 5.74) is 2.56. The van der Waals surface area contributed by atoms with Gasteiger partial charge >= 0.3 is 5.97 Å². The van der Waals surface area contributed by atoms with Gasteiger partial charge in [0, 0.05) is 23.8 Å². The fourth-order valence-electron chi connectivity index (χ4n) is 3.92. The Morgan fingerprint density at radius 3 is 2.88 bits per heavy atom. The van der Waals surface area contributed by atoms with E-state index in [1.54, 1.807) is 6.20 Å². The van der Waals surface area contributed by atoms with E-state index in [2.05, 4.69) is 36.9 Å². The number of esters is 1. The normalized spacial score (nSPS) is 22.3. The first-order chi connectivity index (χ1) is 12.1. The lowest BCUT2D eigenvalue weighted by Crippen LogP contribution is -2.32. The Balaban J connectivity index is 1.82. The number of nitriles is 1. The van der Waals surface area contributed by atoms with E-state index in [-0.39, 0.29) is 5.57 Å². The van der Waals surface area contributed by atoms with Crippen molar-refractivity contribution in [2.45, 2.75) is 57.9 Å². The standard InChI is InChI=1S/C21H26N2O2/c1-15(2)11-12-25-21(24)16(13-22)14-23-19-9-5-3-7-17(19)18-8-4-6-10-20(18)23/h3,5,7,9,14-15,18,20H,4,6,8,10-12H2,1-2H3/b16-14+. The van der Waals surface area contributed by atoms with E-state index in [4.69, 9.17) is 4.74 Å². The van der Waals surface area contributed by atoms with E-state index in [0.29, 0.717) is 24.5 Å². The van der Waals surface area contributed by atoms with Gasteiger partial charge in [-0.05, 0) is 36.8 Å². The van der Waals surface area contributed by atoms with E-state index in [9.17, 15) is 10.1 Å². The minimum absolute atomic E-state index is 0.0878. The lowest BCUT2D eigenvalue weighted by molar-refractivity contribution is -0.138. The molecule has 1 fully saturated rings. The first-order valence-electron chi connectivity index (χ1n) is 9.28. The van der Waals surface area contributed by atoms with Crippen molar-refractivity contribution in [2.75, 3.05) is 11.5 Å². The molecule has 1 aromatic carbocycles. The van der Waals surface area contributed by atoms with Crippen LogP contribution in [0.5, 0.6) is 0 Å². The van der Waals surface area contributed by atoms with E-state index < -0.39 is 5.97 Å². The number of carbonyl (C=O) groups is 1. The average Bonchev–Trinajstić information content (AvgIpc) is 2.93. The van der Waals surface area contributed by atoms with Gasteiger partial charge < -0.3 is 9.64 Å². The molecule has 0 amide bonds. The quantitative estimate of drug-likeness (QED) is 0.450. The molecule has 2 aliphatic rings. The Morgan fingerprint density at radius 1 is 1.36 bits per heavy atom. The summed E-state index contributed by atoms with van der Waals surface area (Å²) < 4.78 is 5.28. The van der Waals surface area contributed by atoms with Gasteiger partial charge in [0.15, 0.2) is 5.57 Å². The van der Waals surface area contributed by atoms with Gasteiger partial charge in [0.2, 0.25) is 0 Å². The molecule has 2 unspecified atom stereocenters. The van der Waals surface area contributed by atoms with Gasteiger partial charge in [0.1, 0.15) is 6.07 Å². The summed E-state index contributed by atoms with van der Waals surface area (Å²) in [4.78, 5) is 14.4. The first-order valence-corrected chi connectivity index (χ1v) is 9.28. The Morgan fingerprint density at radius 2 is 2.12 bits per heavy atom. The molecule has 1 aliphatic carbocycles. The van der Waals surface area contributed by atoms with Gasteiger partial charge in [-0.15, -0.1) is 0 Å². The molecule has 0 N–H and O–H groups in total. The number of fused-ring (bicyclic) bond motifs is 3. The molecule has 1 aromatic rings. The molecule has 0 spiro atoms.